The fraction of sp³-hybridized carbons (Fsp3) is 0.350. The van der Waals surface area contributed by atoms with E-state index in [1.807, 2.05) is 60.7 Å². The van der Waals surface area contributed by atoms with Gasteiger partial charge in [-0.05, 0) is 11.1 Å². The summed E-state index contributed by atoms with van der Waals surface area (Å²) in [5, 5.41) is 0. The minimum atomic E-state index is -0.695. The van der Waals surface area contributed by atoms with Crippen LogP contribution < -0.4 is 0 Å². The second kappa shape index (κ2) is 8.76. The first kappa shape index (κ1) is 17.6. The fourth-order valence-electron chi connectivity index (χ4n) is 2.72. The lowest BCUT2D eigenvalue weighted by Gasteiger charge is -2.42. The van der Waals surface area contributed by atoms with Crippen LogP contribution in [0.3, 0.4) is 0 Å². The molecule has 0 N–H and O–H groups in total. The molecule has 0 bridgehead atoms. The molecule has 1 heterocycles. The molecule has 1 saturated heterocycles. The van der Waals surface area contributed by atoms with E-state index in [2.05, 4.69) is 0 Å². The third-order valence-corrected chi connectivity index (χ3v) is 4.10. The van der Waals surface area contributed by atoms with E-state index in [-0.39, 0.29) is 12.2 Å². The van der Waals surface area contributed by atoms with Crippen LogP contribution in [-0.4, -0.2) is 38.0 Å². The average molecular weight is 342 g/mol. The maximum atomic E-state index is 11.8. The minimum absolute atomic E-state index is 0.281. The summed E-state index contributed by atoms with van der Waals surface area (Å²) in [6.45, 7) is 1.27. The minimum Gasteiger partial charge on any atom is -0.467 e. The van der Waals surface area contributed by atoms with E-state index < -0.39 is 12.1 Å². The summed E-state index contributed by atoms with van der Waals surface area (Å²) in [4.78, 5) is 11.8. The van der Waals surface area contributed by atoms with E-state index in [9.17, 15) is 4.79 Å². The zero-order valence-corrected chi connectivity index (χ0v) is 14.2. The van der Waals surface area contributed by atoms with Crippen LogP contribution in [0.1, 0.15) is 11.1 Å². The average Bonchev–Trinajstić information content (AvgIpc) is 2.65. The topological polar surface area (TPSA) is 54.0 Å². The molecule has 1 fully saturated rings. The van der Waals surface area contributed by atoms with Gasteiger partial charge in [0.15, 0.2) is 6.10 Å². The van der Waals surface area contributed by atoms with Crippen LogP contribution in [0.15, 0.2) is 60.7 Å². The van der Waals surface area contributed by atoms with Crippen LogP contribution in [0.2, 0.25) is 0 Å². The van der Waals surface area contributed by atoms with E-state index in [4.69, 9.17) is 18.9 Å². The lowest BCUT2D eigenvalue weighted by molar-refractivity contribution is -0.260. The maximum absolute atomic E-state index is 11.8. The monoisotopic (exact) mass is 342 g/mol. The summed E-state index contributed by atoms with van der Waals surface area (Å²) in [5.41, 5.74) is 2.13. The van der Waals surface area contributed by atoms with Crippen molar-refractivity contribution in [2.24, 2.45) is 0 Å². The Morgan fingerprint density at radius 2 is 1.56 bits per heavy atom. The van der Waals surface area contributed by atoms with Crippen molar-refractivity contribution in [3.63, 3.8) is 0 Å². The molecule has 5 nitrogen and oxygen atoms in total. The van der Waals surface area contributed by atoms with Crippen molar-refractivity contribution in [3.05, 3.63) is 71.8 Å². The van der Waals surface area contributed by atoms with Gasteiger partial charge in [-0.15, -0.1) is 0 Å². The molecular weight excluding hydrogens is 320 g/mol. The SMILES string of the molecule is COC(=O)[C@H]1O[C@H](COCc2ccccc2)[C@H]1OCc1ccccc1. The van der Waals surface area contributed by atoms with Gasteiger partial charge >= 0.3 is 5.97 Å². The summed E-state index contributed by atoms with van der Waals surface area (Å²) in [5.74, 6) is -0.419. The van der Waals surface area contributed by atoms with E-state index >= 15 is 0 Å². The first-order valence-electron chi connectivity index (χ1n) is 8.28. The molecule has 0 aromatic heterocycles. The Labute approximate surface area is 147 Å². The number of ether oxygens (including phenoxy) is 4. The van der Waals surface area contributed by atoms with Gasteiger partial charge in [0, 0.05) is 0 Å². The Balaban J connectivity index is 1.52. The molecular formula is C20H22O5. The highest BCUT2D eigenvalue weighted by molar-refractivity contribution is 5.76. The first-order chi connectivity index (χ1) is 12.3. The number of esters is 1. The number of hydrogen-bond acceptors (Lipinski definition) is 5. The Morgan fingerprint density at radius 3 is 2.16 bits per heavy atom. The van der Waals surface area contributed by atoms with Gasteiger partial charge in [-0.1, -0.05) is 60.7 Å². The third-order valence-electron chi connectivity index (χ3n) is 4.10. The molecule has 0 saturated carbocycles. The van der Waals surface area contributed by atoms with E-state index in [0.29, 0.717) is 19.8 Å². The van der Waals surface area contributed by atoms with Crippen molar-refractivity contribution in [1.82, 2.24) is 0 Å². The summed E-state index contributed by atoms with van der Waals surface area (Å²) in [6.07, 6.45) is -1.35. The van der Waals surface area contributed by atoms with Gasteiger partial charge in [0.25, 0.3) is 0 Å². The van der Waals surface area contributed by atoms with E-state index in [1.165, 1.54) is 7.11 Å². The standard InChI is InChI=1S/C20H22O5/c1-22-20(21)19-18(24-13-16-10-6-3-7-11-16)17(25-19)14-23-12-15-8-4-2-5-9-15/h2-11,17-19H,12-14H2,1H3/t17-,18-,19+/m1/s1. The molecule has 1 aliphatic rings. The molecule has 1 aliphatic heterocycles. The Kier molecular flexibility index (Phi) is 6.17. The largest absolute Gasteiger partial charge is 0.467 e. The Hall–Kier alpha value is -2.21. The molecule has 0 unspecified atom stereocenters. The molecule has 2 aromatic carbocycles. The number of benzene rings is 2. The van der Waals surface area contributed by atoms with Crippen molar-refractivity contribution in [3.8, 4) is 0 Å². The number of carbonyl (C=O) groups is 1. The van der Waals surface area contributed by atoms with Crippen LogP contribution in [0.25, 0.3) is 0 Å². The van der Waals surface area contributed by atoms with Crippen LogP contribution in [0.4, 0.5) is 0 Å². The van der Waals surface area contributed by atoms with Crippen LogP contribution in [0, 0.1) is 0 Å². The number of methoxy groups -OCH3 is 1. The molecule has 5 heteroatoms. The van der Waals surface area contributed by atoms with Crippen molar-refractivity contribution < 1.29 is 23.7 Å². The van der Waals surface area contributed by atoms with Gasteiger partial charge < -0.3 is 18.9 Å². The molecule has 2 aromatic rings. The van der Waals surface area contributed by atoms with Crippen LogP contribution in [-0.2, 0) is 37.0 Å². The maximum Gasteiger partial charge on any atom is 0.337 e. The highest BCUT2D eigenvalue weighted by atomic mass is 16.6. The quantitative estimate of drug-likeness (QED) is 0.691. The molecule has 0 spiro atoms. The smallest absolute Gasteiger partial charge is 0.337 e. The van der Waals surface area contributed by atoms with Gasteiger partial charge in [-0.3, -0.25) is 0 Å². The van der Waals surface area contributed by atoms with Crippen molar-refractivity contribution in [1.29, 1.82) is 0 Å². The predicted molar refractivity (Wildman–Crippen MR) is 91.8 cm³/mol. The summed E-state index contributed by atoms with van der Waals surface area (Å²) >= 11 is 0. The molecule has 0 aliphatic carbocycles. The molecule has 0 radical (unpaired) electrons. The highest BCUT2D eigenvalue weighted by Gasteiger charge is 2.48. The van der Waals surface area contributed by atoms with Crippen molar-refractivity contribution >= 4 is 5.97 Å². The lowest BCUT2D eigenvalue weighted by atomic mass is 10.0. The Bertz CT molecular complexity index is 658. The van der Waals surface area contributed by atoms with Gasteiger partial charge in [0.1, 0.15) is 12.2 Å². The molecule has 25 heavy (non-hydrogen) atoms. The van der Waals surface area contributed by atoms with E-state index in [0.717, 1.165) is 11.1 Å². The van der Waals surface area contributed by atoms with Gasteiger partial charge in [-0.2, -0.15) is 0 Å². The molecule has 3 rings (SSSR count). The normalized spacial score (nSPS) is 22.2. The fourth-order valence-corrected chi connectivity index (χ4v) is 2.72. The highest BCUT2D eigenvalue weighted by Crippen LogP contribution is 2.27. The van der Waals surface area contributed by atoms with Crippen LogP contribution in [0.5, 0.6) is 0 Å². The van der Waals surface area contributed by atoms with Crippen molar-refractivity contribution in [2.45, 2.75) is 31.5 Å². The number of rotatable bonds is 8. The predicted octanol–water partition coefficient (Wildman–Crippen LogP) is 2.73. The number of carbonyl (C=O) groups excluding carboxylic acids is 1. The molecule has 3 atom stereocenters. The zero-order valence-electron chi connectivity index (χ0n) is 14.2. The first-order valence-corrected chi connectivity index (χ1v) is 8.28. The Morgan fingerprint density at radius 1 is 0.960 bits per heavy atom. The van der Waals surface area contributed by atoms with Gasteiger partial charge in [0.05, 0.1) is 26.9 Å². The molecule has 0 amide bonds. The molecule has 132 valence electrons. The second-order valence-corrected chi connectivity index (χ2v) is 5.88. The summed E-state index contributed by atoms with van der Waals surface area (Å²) in [7, 11) is 1.35. The zero-order chi connectivity index (χ0) is 17.5. The third kappa shape index (κ3) is 4.66. The lowest BCUT2D eigenvalue weighted by Crippen LogP contribution is -2.60. The summed E-state index contributed by atoms with van der Waals surface area (Å²) in [6, 6.07) is 19.7. The van der Waals surface area contributed by atoms with Gasteiger partial charge in [-0.25, -0.2) is 4.79 Å². The number of hydrogen-bond donors (Lipinski definition) is 0. The van der Waals surface area contributed by atoms with Crippen molar-refractivity contribution in [2.75, 3.05) is 13.7 Å². The van der Waals surface area contributed by atoms with Crippen LogP contribution >= 0.6 is 0 Å². The van der Waals surface area contributed by atoms with E-state index in [1.54, 1.807) is 0 Å². The second-order valence-electron chi connectivity index (χ2n) is 5.88. The van der Waals surface area contributed by atoms with Gasteiger partial charge in [0.2, 0.25) is 0 Å². The summed E-state index contributed by atoms with van der Waals surface area (Å²) < 4.78 is 22.0.